The van der Waals surface area contributed by atoms with E-state index in [4.69, 9.17) is 9.15 Å². The quantitative estimate of drug-likeness (QED) is 0.529. The number of oxazole rings is 1. The van der Waals surface area contributed by atoms with Crippen molar-refractivity contribution < 1.29 is 27.8 Å². The van der Waals surface area contributed by atoms with Crippen molar-refractivity contribution in [2.45, 2.75) is 75.0 Å². The summed E-state index contributed by atoms with van der Waals surface area (Å²) in [6, 6.07) is 1.26. The van der Waals surface area contributed by atoms with E-state index >= 15 is 0 Å². The molecular weight excluding hydrogens is 436 g/mol. The van der Waals surface area contributed by atoms with Crippen LogP contribution >= 0.6 is 0 Å². The summed E-state index contributed by atoms with van der Waals surface area (Å²) in [5.41, 5.74) is -0.0912. The Morgan fingerprint density at radius 2 is 2.03 bits per heavy atom. The number of sulfonamides is 1. The van der Waals surface area contributed by atoms with E-state index in [2.05, 4.69) is 19.7 Å². The minimum atomic E-state index is -3.32. The highest BCUT2D eigenvalue weighted by atomic mass is 32.2. The molecule has 10 nitrogen and oxygen atoms in total. The zero-order chi connectivity index (χ0) is 22.8. The van der Waals surface area contributed by atoms with Crippen LogP contribution in [0.5, 0.6) is 5.88 Å². The molecule has 2 saturated carbocycles. The number of hydrogen-bond donors (Lipinski definition) is 3. The molecular formula is C21H30N4O6S. The molecule has 2 aromatic rings. The fraction of sp³-hybridized carbons (Fsp3) is 0.667. The maximum Gasteiger partial charge on any atom is 0.214 e. The van der Waals surface area contributed by atoms with Crippen molar-refractivity contribution in [2.75, 3.05) is 12.9 Å². The maximum atomic E-state index is 11.7. The molecule has 0 amide bonds. The Bertz CT molecular complexity index is 1020. The monoisotopic (exact) mass is 466 g/mol. The third-order valence-electron chi connectivity index (χ3n) is 6.45. The SMILES string of the molecule is CS(=O)(=O)N[C@H]1CC[C@](CO[C@H]2CC[C@@H](c3nccc(O)n3)CC2)(c2nc(CO)co2)C1. The predicted octanol–water partition coefficient (Wildman–Crippen LogP) is 1.74. The fourth-order valence-corrected chi connectivity index (χ4v) is 5.67. The molecule has 11 heteroatoms. The van der Waals surface area contributed by atoms with Crippen molar-refractivity contribution in [2.24, 2.45) is 0 Å². The van der Waals surface area contributed by atoms with Crippen molar-refractivity contribution in [1.82, 2.24) is 19.7 Å². The molecule has 2 aromatic heterocycles. The number of aliphatic hydroxyl groups is 1. The van der Waals surface area contributed by atoms with Crippen molar-refractivity contribution in [3.05, 3.63) is 35.9 Å². The molecule has 2 heterocycles. The number of nitrogens with one attached hydrogen (secondary N) is 1. The Balaban J connectivity index is 1.40. The summed E-state index contributed by atoms with van der Waals surface area (Å²) in [4.78, 5) is 12.8. The molecule has 0 unspecified atom stereocenters. The second-order valence-electron chi connectivity index (χ2n) is 8.97. The van der Waals surface area contributed by atoms with Gasteiger partial charge in [0.2, 0.25) is 21.8 Å². The van der Waals surface area contributed by atoms with Crippen LogP contribution in [0.3, 0.4) is 0 Å². The molecule has 32 heavy (non-hydrogen) atoms. The largest absolute Gasteiger partial charge is 0.493 e. The lowest BCUT2D eigenvalue weighted by atomic mass is 9.85. The van der Waals surface area contributed by atoms with E-state index in [0.29, 0.717) is 43.3 Å². The van der Waals surface area contributed by atoms with Gasteiger partial charge in [-0.15, -0.1) is 0 Å². The highest BCUT2D eigenvalue weighted by Gasteiger charge is 2.46. The molecule has 176 valence electrons. The Kier molecular flexibility index (Phi) is 6.80. The van der Waals surface area contributed by atoms with E-state index in [1.165, 1.54) is 12.3 Å². The Morgan fingerprint density at radius 3 is 2.69 bits per heavy atom. The van der Waals surface area contributed by atoms with Crippen molar-refractivity contribution in [1.29, 1.82) is 0 Å². The zero-order valence-corrected chi connectivity index (χ0v) is 18.9. The highest BCUT2D eigenvalue weighted by Crippen LogP contribution is 2.42. The lowest BCUT2D eigenvalue weighted by molar-refractivity contribution is -0.0104. The van der Waals surface area contributed by atoms with E-state index in [1.807, 2.05) is 0 Å². The third kappa shape index (κ3) is 5.45. The molecule has 2 atom stereocenters. The van der Waals surface area contributed by atoms with Crippen molar-refractivity contribution >= 4 is 10.0 Å². The minimum absolute atomic E-state index is 0.0120. The number of nitrogens with zero attached hydrogens (tertiary/aromatic N) is 3. The minimum Gasteiger partial charge on any atom is -0.493 e. The van der Waals surface area contributed by atoms with Crippen LogP contribution in [0.2, 0.25) is 0 Å². The van der Waals surface area contributed by atoms with E-state index in [0.717, 1.165) is 31.9 Å². The van der Waals surface area contributed by atoms with Gasteiger partial charge in [0.25, 0.3) is 0 Å². The van der Waals surface area contributed by atoms with Crippen LogP contribution in [0, 0.1) is 0 Å². The molecule has 2 fully saturated rings. The van der Waals surface area contributed by atoms with Gasteiger partial charge in [-0.25, -0.2) is 23.1 Å². The van der Waals surface area contributed by atoms with Gasteiger partial charge in [0.1, 0.15) is 17.8 Å². The predicted molar refractivity (Wildman–Crippen MR) is 114 cm³/mol. The summed E-state index contributed by atoms with van der Waals surface area (Å²) in [6.45, 7) is 0.158. The van der Waals surface area contributed by atoms with Gasteiger partial charge in [0, 0.05) is 24.2 Å². The van der Waals surface area contributed by atoms with Gasteiger partial charge < -0.3 is 19.4 Å². The molecule has 0 spiro atoms. The second-order valence-corrected chi connectivity index (χ2v) is 10.7. The van der Waals surface area contributed by atoms with Crippen molar-refractivity contribution in [3.63, 3.8) is 0 Å². The first kappa shape index (κ1) is 23.1. The second kappa shape index (κ2) is 9.42. The molecule has 3 N–H and O–H groups in total. The fourth-order valence-electron chi connectivity index (χ4n) is 4.87. The summed E-state index contributed by atoms with van der Waals surface area (Å²) < 4.78 is 38.1. The average molecular weight is 467 g/mol. The maximum absolute atomic E-state index is 11.7. The number of aromatic nitrogens is 3. The summed E-state index contributed by atoms with van der Waals surface area (Å²) in [6.07, 6.45) is 9.53. The summed E-state index contributed by atoms with van der Waals surface area (Å²) in [5.74, 6) is 1.34. The van der Waals surface area contributed by atoms with Crippen LogP contribution in [0.4, 0.5) is 0 Å². The first-order valence-corrected chi connectivity index (χ1v) is 12.8. The van der Waals surface area contributed by atoms with E-state index < -0.39 is 15.4 Å². The van der Waals surface area contributed by atoms with E-state index in [-0.39, 0.29) is 30.6 Å². The molecule has 2 aliphatic rings. The van der Waals surface area contributed by atoms with Gasteiger partial charge >= 0.3 is 0 Å². The summed E-state index contributed by atoms with van der Waals surface area (Å²) in [7, 11) is -3.32. The van der Waals surface area contributed by atoms with Gasteiger partial charge in [-0.3, -0.25) is 0 Å². The Morgan fingerprint density at radius 1 is 1.25 bits per heavy atom. The lowest BCUT2D eigenvalue weighted by Crippen LogP contribution is -2.37. The third-order valence-corrected chi connectivity index (χ3v) is 7.21. The number of rotatable bonds is 8. The Labute approximate surface area is 187 Å². The highest BCUT2D eigenvalue weighted by molar-refractivity contribution is 7.88. The number of aromatic hydroxyl groups is 1. The van der Waals surface area contributed by atoms with Gasteiger partial charge in [0.15, 0.2) is 0 Å². The van der Waals surface area contributed by atoms with Crippen LogP contribution in [0.1, 0.15) is 68.3 Å². The summed E-state index contributed by atoms with van der Waals surface area (Å²) in [5, 5.41) is 19.0. The molecule has 0 radical (unpaired) electrons. The van der Waals surface area contributed by atoms with Crippen LogP contribution in [-0.2, 0) is 26.8 Å². The van der Waals surface area contributed by atoms with Gasteiger partial charge in [-0.2, -0.15) is 4.98 Å². The van der Waals surface area contributed by atoms with Crippen LogP contribution in [0.25, 0.3) is 0 Å². The average Bonchev–Trinajstić information content (AvgIpc) is 3.39. The van der Waals surface area contributed by atoms with Crippen molar-refractivity contribution in [3.8, 4) is 5.88 Å². The van der Waals surface area contributed by atoms with Crippen LogP contribution in [0.15, 0.2) is 22.9 Å². The molecule has 4 rings (SSSR count). The van der Waals surface area contributed by atoms with Crippen LogP contribution in [-0.4, -0.2) is 58.6 Å². The van der Waals surface area contributed by atoms with Gasteiger partial charge in [0.05, 0.1) is 31.0 Å². The smallest absolute Gasteiger partial charge is 0.214 e. The standard InChI is InChI=1S/C21H30N4O6S/c1-32(28,29)25-15-6-8-21(10-15,20-23-16(11-26)12-30-20)13-31-17-4-2-14(3-5-17)19-22-9-7-18(27)24-19/h7,9,12,14-15,17,25-26H,2-6,8,10-11,13H2,1H3,(H,22,24,27)/t14-,15-,17+,21-/m0/s1. The Hall–Kier alpha value is -2.08. The molecule has 0 bridgehead atoms. The first-order chi connectivity index (χ1) is 15.3. The van der Waals surface area contributed by atoms with Gasteiger partial charge in [-0.1, -0.05) is 0 Å². The topological polar surface area (TPSA) is 148 Å². The molecule has 0 aromatic carbocycles. The van der Waals surface area contributed by atoms with E-state index in [1.54, 1.807) is 6.20 Å². The first-order valence-electron chi connectivity index (χ1n) is 10.9. The van der Waals surface area contributed by atoms with Crippen LogP contribution < -0.4 is 4.72 Å². The normalized spacial score (nSPS) is 28.8. The molecule has 0 saturated heterocycles. The molecule has 2 aliphatic carbocycles. The number of hydrogen-bond acceptors (Lipinski definition) is 9. The number of ether oxygens (including phenoxy) is 1. The zero-order valence-electron chi connectivity index (χ0n) is 18.1. The summed E-state index contributed by atoms with van der Waals surface area (Å²) >= 11 is 0. The van der Waals surface area contributed by atoms with E-state index in [9.17, 15) is 18.6 Å². The molecule has 0 aliphatic heterocycles. The lowest BCUT2D eigenvalue weighted by Gasteiger charge is -2.32. The number of aliphatic hydroxyl groups excluding tert-OH is 1. The van der Waals surface area contributed by atoms with Gasteiger partial charge in [-0.05, 0) is 44.9 Å².